The molecule has 0 saturated carbocycles. The van der Waals surface area contributed by atoms with Gasteiger partial charge < -0.3 is 15.4 Å². The minimum atomic E-state index is -0.900. The maximum Gasteiger partial charge on any atom is 0.256 e. The van der Waals surface area contributed by atoms with Crippen LogP contribution in [0.2, 0.25) is 0 Å². The van der Waals surface area contributed by atoms with Crippen molar-refractivity contribution in [1.82, 2.24) is 4.57 Å². The number of aryl methyl sites for hydroxylation is 1. The molecule has 0 radical (unpaired) electrons. The maximum absolute atomic E-state index is 14.0. The summed E-state index contributed by atoms with van der Waals surface area (Å²) in [6.45, 7) is 1.87. The van der Waals surface area contributed by atoms with Gasteiger partial charge in [-0.25, -0.2) is 8.78 Å². The first-order valence-electron chi connectivity index (χ1n) is 10.6. The Morgan fingerprint density at radius 3 is 2.47 bits per heavy atom. The van der Waals surface area contributed by atoms with Crippen LogP contribution in [0.15, 0.2) is 71.5 Å². The molecule has 0 saturated heterocycles. The summed E-state index contributed by atoms with van der Waals surface area (Å²) in [5, 5.41) is 6.37. The lowest BCUT2D eigenvalue weighted by Crippen LogP contribution is -2.31. The van der Waals surface area contributed by atoms with E-state index in [0.29, 0.717) is 22.9 Å². The zero-order valence-corrected chi connectivity index (χ0v) is 18.7. The molecule has 174 valence electrons. The number of halogens is 2. The van der Waals surface area contributed by atoms with Crippen molar-refractivity contribution in [2.24, 2.45) is 0 Å². The third-order valence-electron chi connectivity index (χ3n) is 5.42. The molecule has 0 aliphatic heterocycles. The number of aromatic nitrogens is 1. The lowest BCUT2D eigenvalue weighted by atomic mass is 10.1. The van der Waals surface area contributed by atoms with Crippen molar-refractivity contribution >= 4 is 28.2 Å². The number of hydrogen-bond donors (Lipinski definition) is 2. The van der Waals surface area contributed by atoms with Gasteiger partial charge in [0.1, 0.15) is 23.9 Å². The van der Waals surface area contributed by atoms with Crippen LogP contribution in [0, 0.1) is 18.6 Å². The number of anilines is 2. The smallest absolute Gasteiger partial charge is 0.256 e. The summed E-state index contributed by atoms with van der Waals surface area (Å²) in [7, 11) is 1.51. The van der Waals surface area contributed by atoms with Crippen molar-refractivity contribution in [1.29, 1.82) is 0 Å². The van der Waals surface area contributed by atoms with Gasteiger partial charge in [-0.2, -0.15) is 0 Å². The second-order valence-electron chi connectivity index (χ2n) is 7.88. The molecule has 3 aromatic carbocycles. The van der Waals surface area contributed by atoms with Gasteiger partial charge in [0.15, 0.2) is 0 Å². The summed E-state index contributed by atoms with van der Waals surface area (Å²) < 4.78 is 33.8. The third kappa shape index (κ3) is 5.06. The highest BCUT2D eigenvalue weighted by molar-refractivity contribution is 5.92. The molecule has 0 fully saturated rings. The van der Waals surface area contributed by atoms with E-state index in [0.717, 1.165) is 28.8 Å². The Morgan fingerprint density at radius 2 is 1.76 bits per heavy atom. The fourth-order valence-corrected chi connectivity index (χ4v) is 3.61. The maximum atomic E-state index is 14.0. The standard InChI is InChI=1S/C26H23F2N3O3/c1-16-3-7-20(8-4-16)29-14-18-11-17-5-9-21(34-2)13-24(17)31(26(18)33)15-25(32)30-23-10-6-19(27)12-22(23)28/h3-13,29H,14-15H2,1-2H3,(H,30,32). The Bertz CT molecular complexity index is 1420. The highest BCUT2D eigenvalue weighted by atomic mass is 19.1. The van der Waals surface area contributed by atoms with Crippen LogP contribution in [0.25, 0.3) is 10.9 Å². The topological polar surface area (TPSA) is 72.4 Å². The number of carbonyl (C=O) groups excluding carboxylic acids is 1. The number of nitrogens with one attached hydrogen (secondary N) is 2. The van der Waals surface area contributed by atoms with Crippen molar-refractivity contribution in [2.45, 2.75) is 20.0 Å². The molecule has 4 aromatic rings. The lowest BCUT2D eigenvalue weighted by molar-refractivity contribution is -0.116. The first-order valence-corrected chi connectivity index (χ1v) is 10.6. The van der Waals surface area contributed by atoms with Crippen LogP contribution in [0.4, 0.5) is 20.2 Å². The van der Waals surface area contributed by atoms with E-state index < -0.39 is 17.5 Å². The zero-order chi connectivity index (χ0) is 24.2. The summed E-state index contributed by atoms with van der Waals surface area (Å²) in [6, 6.07) is 17.6. The Balaban J connectivity index is 1.67. The highest BCUT2D eigenvalue weighted by Crippen LogP contribution is 2.22. The van der Waals surface area contributed by atoms with E-state index in [1.54, 1.807) is 24.3 Å². The molecular weight excluding hydrogens is 440 g/mol. The van der Waals surface area contributed by atoms with Crippen LogP contribution in [-0.4, -0.2) is 17.6 Å². The minimum Gasteiger partial charge on any atom is -0.497 e. The Labute approximate surface area is 194 Å². The largest absolute Gasteiger partial charge is 0.497 e. The summed E-state index contributed by atoms with van der Waals surface area (Å²) in [6.07, 6.45) is 0. The molecule has 34 heavy (non-hydrogen) atoms. The number of amides is 1. The van der Waals surface area contributed by atoms with Crippen molar-refractivity contribution in [3.63, 3.8) is 0 Å². The molecule has 1 amide bonds. The van der Waals surface area contributed by atoms with Gasteiger partial charge >= 0.3 is 0 Å². The van der Waals surface area contributed by atoms with Gasteiger partial charge in [-0.1, -0.05) is 17.7 Å². The predicted octanol–water partition coefficient (Wildman–Crippen LogP) is 4.85. The van der Waals surface area contributed by atoms with Crippen molar-refractivity contribution in [3.05, 3.63) is 99.8 Å². The van der Waals surface area contributed by atoms with Gasteiger partial charge in [-0.15, -0.1) is 0 Å². The van der Waals surface area contributed by atoms with E-state index in [1.165, 1.54) is 11.7 Å². The molecular formula is C26H23F2N3O3. The van der Waals surface area contributed by atoms with Gasteiger partial charge in [0.2, 0.25) is 5.91 Å². The van der Waals surface area contributed by atoms with Gasteiger partial charge in [0.25, 0.3) is 5.56 Å². The Hall–Kier alpha value is -4.20. The van der Waals surface area contributed by atoms with E-state index in [-0.39, 0.29) is 24.3 Å². The fourth-order valence-electron chi connectivity index (χ4n) is 3.61. The number of ether oxygens (including phenoxy) is 1. The molecule has 0 atom stereocenters. The average molecular weight is 463 g/mol. The second kappa shape index (κ2) is 9.74. The van der Waals surface area contributed by atoms with E-state index in [4.69, 9.17) is 4.74 Å². The number of methoxy groups -OCH3 is 1. The molecule has 8 heteroatoms. The van der Waals surface area contributed by atoms with Crippen LogP contribution in [-0.2, 0) is 17.9 Å². The molecule has 6 nitrogen and oxygen atoms in total. The van der Waals surface area contributed by atoms with Crippen LogP contribution >= 0.6 is 0 Å². The minimum absolute atomic E-state index is 0.168. The molecule has 1 aromatic heterocycles. The van der Waals surface area contributed by atoms with Gasteiger partial charge in [-0.05, 0) is 54.8 Å². The van der Waals surface area contributed by atoms with Gasteiger partial charge in [0.05, 0.1) is 18.3 Å². The summed E-state index contributed by atoms with van der Waals surface area (Å²) in [5.41, 5.74) is 2.40. The molecule has 1 heterocycles. The second-order valence-corrected chi connectivity index (χ2v) is 7.88. The number of carbonyl (C=O) groups is 1. The molecule has 0 unspecified atom stereocenters. The normalized spacial score (nSPS) is 10.8. The van der Waals surface area contributed by atoms with Crippen LogP contribution < -0.4 is 20.9 Å². The van der Waals surface area contributed by atoms with Crippen LogP contribution in [0.5, 0.6) is 5.75 Å². The summed E-state index contributed by atoms with van der Waals surface area (Å²) in [4.78, 5) is 26.0. The van der Waals surface area contributed by atoms with Crippen molar-refractivity contribution in [3.8, 4) is 5.75 Å². The Kier molecular flexibility index (Phi) is 6.58. The fraction of sp³-hybridized carbons (Fsp3) is 0.154. The zero-order valence-electron chi connectivity index (χ0n) is 18.7. The third-order valence-corrected chi connectivity index (χ3v) is 5.42. The molecule has 0 bridgehead atoms. The number of nitrogens with zero attached hydrogens (tertiary/aromatic N) is 1. The molecule has 0 spiro atoms. The highest BCUT2D eigenvalue weighted by Gasteiger charge is 2.15. The van der Waals surface area contributed by atoms with E-state index in [9.17, 15) is 18.4 Å². The average Bonchev–Trinajstić information content (AvgIpc) is 2.82. The van der Waals surface area contributed by atoms with Crippen molar-refractivity contribution in [2.75, 3.05) is 17.7 Å². The molecule has 2 N–H and O–H groups in total. The first-order chi connectivity index (χ1) is 16.3. The number of benzene rings is 3. The van der Waals surface area contributed by atoms with Gasteiger partial charge in [0, 0.05) is 29.9 Å². The first kappa shape index (κ1) is 23.0. The number of fused-ring (bicyclic) bond motifs is 1. The molecule has 0 aliphatic rings. The predicted molar refractivity (Wildman–Crippen MR) is 128 cm³/mol. The number of pyridine rings is 1. The van der Waals surface area contributed by atoms with Gasteiger partial charge in [-0.3, -0.25) is 14.2 Å². The van der Waals surface area contributed by atoms with E-state index in [2.05, 4.69) is 10.6 Å². The number of hydrogen-bond acceptors (Lipinski definition) is 4. The van der Waals surface area contributed by atoms with Crippen molar-refractivity contribution < 1.29 is 18.3 Å². The number of rotatable bonds is 7. The van der Waals surface area contributed by atoms with Crippen LogP contribution in [0.3, 0.4) is 0 Å². The summed E-state index contributed by atoms with van der Waals surface area (Å²) >= 11 is 0. The van der Waals surface area contributed by atoms with E-state index in [1.807, 2.05) is 31.2 Å². The quantitative estimate of drug-likeness (QED) is 0.411. The Morgan fingerprint density at radius 1 is 1.00 bits per heavy atom. The molecule has 4 rings (SSSR count). The van der Waals surface area contributed by atoms with Crippen LogP contribution in [0.1, 0.15) is 11.1 Å². The SMILES string of the molecule is COc1ccc2cc(CNc3ccc(C)cc3)c(=O)n(CC(=O)Nc3ccc(F)cc3F)c2c1. The monoisotopic (exact) mass is 463 g/mol. The molecule has 0 aliphatic carbocycles. The lowest BCUT2D eigenvalue weighted by Gasteiger charge is -2.15. The summed E-state index contributed by atoms with van der Waals surface area (Å²) in [5.74, 6) is -1.75. The van der Waals surface area contributed by atoms with E-state index >= 15 is 0 Å².